The van der Waals surface area contributed by atoms with Crippen LogP contribution in [-0.2, 0) is 13.5 Å². The van der Waals surface area contributed by atoms with Crippen molar-refractivity contribution in [3.63, 3.8) is 0 Å². The Kier molecular flexibility index (Phi) is 3.28. The maximum atomic E-state index is 5.90. The Labute approximate surface area is 98.2 Å². The van der Waals surface area contributed by atoms with E-state index in [0.29, 0.717) is 11.6 Å². The fourth-order valence-corrected chi connectivity index (χ4v) is 1.83. The predicted molar refractivity (Wildman–Crippen MR) is 60.7 cm³/mol. The van der Waals surface area contributed by atoms with Gasteiger partial charge in [-0.3, -0.25) is 11.3 Å². The Balaban J connectivity index is 2.19. The zero-order valence-electron chi connectivity index (χ0n) is 8.85. The number of rotatable bonds is 4. The van der Waals surface area contributed by atoms with Crippen LogP contribution in [0.15, 0.2) is 29.1 Å². The van der Waals surface area contributed by atoms with Crippen molar-refractivity contribution in [1.29, 1.82) is 0 Å². The summed E-state index contributed by atoms with van der Waals surface area (Å²) in [4.78, 5) is 4.24. The van der Waals surface area contributed by atoms with E-state index in [1.807, 2.05) is 17.8 Å². The van der Waals surface area contributed by atoms with Crippen LogP contribution in [-0.4, -0.2) is 9.55 Å². The molecule has 0 saturated heterocycles. The first-order valence-electron chi connectivity index (χ1n) is 4.87. The summed E-state index contributed by atoms with van der Waals surface area (Å²) >= 11 is 5.90. The minimum atomic E-state index is -0.104. The molecule has 6 heteroatoms. The molecule has 1 unspecified atom stereocenters. The van der Waals surface area contributed by atoms with Gasteiger partial charge in [-0.1, -0.05) is 0 Å². The van der Waals surface area contributed by atoms with E-state index in [4.69, 9.17) is 21.9 Å². The number of nitrogens with one attached hydrogen (secondary N) is 1. The van der Waals surface area contributed by atoms with Crippen molar-refractivity contribution in [2.75, 3.05) is 0 Å². The number of nitrogens with two attached hydrogens (primary N) is 1. The molecular weight excluding hydrogens is 228 g/mol. The lowest BCUT2D eigenvalue weighted by atomic mass is 10.1. The Morgan fingerprint density at radius 3 is 3.00 bits per heavy atom. The van der Waals surface area contributed by atoms with Crippen molar-refractivity contribution in [3.05, 3.63) is 41.3 Å². The molecule has 2 rings (SSSR count). The number of aryl methyl sites for hydroxylation is 1. The van der Waals surface area contributed by atoms with Gasteiger partial charge in [0.15, 0.2) is 5.22 Å². The second-order valence-electron chi connectivity index (χ2n) is 3.53. The van der Waals surface area contributed by atoms with Crippen molar-refractivity contribution in [3.8, 4) is 0 Å². The third-order valence-corrected chi connectivity index (χ3v) is 2.84. The zero-order valence-corrected chi connectivity index (χ0v) is 9.61. The van der Waals surface area contributed by atoms with E-state index in [0.717, 1.165) is 11.4 Å². The fourth-order valence-electron chi connectivity index (χ4n) is 1.59. The number of hydrogen-bond donors (Lipinski definition) is 2. The second-order valence-corrected chi connectivity index (χ2v) is 3.87. The molecule has 2 aromatic heterocycles. The Morgan fingerprint density at radius 1 is 1.69 bits per heavy atom. The summed E-state index contributed by atoms with van der Waals surface area (Å²) in [6.07, 6.45) is 5.83. The van der Waals surface area contributed by atoms with Crippen LogP contribution in [0, 0.1) is 0 Å². The minimum absolute atomic E-state index is 0.104. The number of imidazole rings is 1. The van der Waals surface area contributed by atoms with Gasteiger partial charge in [-0.2, -0.15) is 0 Å². The zero-order chi connectivity index (χ0) is 11.5. The molecule has 2 aromatic rings. The standard InChI is InChI=1S/C10H13ClN4O/c1-15-4-3-13-9(15)6-8(14-12)7-2-5-16-10(7)11/h2-5,8,14H,6,12H2,1H3. The summed E-state index contributed by atoms with van der Waals surface area (Å²) in [6.45, 7) is 0. The summed E-state index contributed by atoms with van der Waals surface area (Å²) in [5.41, 5.74) is 3.55. The maximum Gasteiger partial charge on any atom is 0.197 e. The minimum Gasteiger partial charge on any atom is -0.453 e. The quantitative estimate of drug-likeness (QED) is 0.626. The lowest BCUT2D eigenvalue weighted by Crippen LogP contribution is -2.30. The molecule has 5 nitrogen and oxygen atoms in total. The molecule has 0 aliphatic rings. The van der Waals surface area contributed by atoms with E-state index >= 15 is 0 Å². The van der Waals surface area contributed by atoms with Crippen molar-refractivity contribution in [1.82, 2.24) is 15.0 Å². The SMILES string of the molecule is Cn1ccnc1CC(NN)c1ccoc1Cl. The van der Waals surface area contributed by atoms with E-state index in [2.05, 4.69) is 10.4 Å². The van der Waals surface area contributed by atoms with Crippen LogP contribution >= 0.6 is 11.6 Å². The predicted octanol–water partition coefficient (Wildman–Crippen LogP) is 1.41. The molecule has 1 atom stereocenters. The van der Waals surface area contributed by atoms with Gasteiger partial charge < -0.3 is 8.98 Å². The molecule has 0 aliphatic heterocycles. The molecule has 0 radical (unpaired) electrons. The highest BCUT2D eigenvalue weighted by Crippen LogP contribution is 2.25. The highest BCUT2D eigenvalue weighted by atomic mass is 35.5. The van der Waals surface area contributed by atoms with Gasteiger partial charge in [-0.15, -0.1) is 0 Å². The first-order valence-corrected chi connectivity index (χ1v) is 5.25. The molecule has 2 heterocycles. The number of aromatic nitrogens is 2. The van der Waals surface area contributed by atoms with Gasteiger partial charge in [0.2, 0.25) is 0 Å². The molecule has 86 valence electrons. The fraction of sp³-hybridized carbons (Fsp3) is 0.300. The molecule has 0 aromatic carbocycles. The van der Waals surface area contributed by atoms with Gasteiger partial charge in [0.1, 0.15) is 5.82 Å². The van der Waals surface area contributed by atoms with E-state index in [1.165, 1.54) is 0 Å². The third kappa shape index (κ3) is 2.11. The van der Waals surface area contributed by atoms with Crippen LogP contribution in [0.4, 0.5) is 0 Å². The molecule has 0 amide bonds. The van der Waals surface area contributed by atoms with Gasteiger partial charge in [0.25, 0.3) is 0 Å². The van der Waals surface area contributed by atoms with E-state index in [-0.39, 0.29) is 6.04 Å². The normalized spacial score (nSPS) is 12.9. The number of nitrogens with zero attached hydrogens (tertiary/aromatic N) is 2. The van der Waals surface area contributed by atoms with Crippen molar-refractivity contribution in [2.45, 2.75) is 12.5 Å². The smallest absolute Gasteiger partial charge is 0.197 e. The lowest BCUT2D eigenvalue weighted by Gasteiger charge is -2.14. The first kappa shape index (κ1) is 11.2. The Bertz CT molecular complexity index is 465. The van der Waals surface area contributed by atoms with Gasteiger partial charge >= 0.3 is 0 Å². The molecule has 0 bridgehead atoms. The highest BCUT2D eigenvalue weighted by molar-refractivity contribution is 6.29. The molecular formula is C10H13ClN4O. The van der Waals surface area contributed by atoms with Crippen LogP contribution < -0.4 is 11.3 Å². The number of hydrazine groups is 1. The number of halogens is 1. The van der Waals surface area contributed by atoms with Gasteiger partial charge in [-0.05, 0) is 17.7 Å². The monoisotopic (exact) mass is 240 g/mol. The summed E-state index contributed by atoms with van der Waals surface area (Å²) in [5, 5.41) is 0.358. The van der Waals surface area contributed by atoms with Crippen molar-refractivity contribution < 1.29 is 4.42 Å². The Hall–Kier alpha value is -1.30. The summed E-state index contributed by atoms with van der Waals surface area (Å²) in [5.74, 6) is 6.44. The van der Waals surface area contributed by atoms with Crippen LogP contribution in [0.2, 0.25) is 5.22 Å². The van der Waals surface area contributed by atoms with Gasteiger partial charge in [0, 0.05) is 31.4 Å². The Morgan fingerprint density at radius 2 is 2.50 bits per heavy atom. The maximum absolute atomic E-state index is 5.90. The first-order chi connectivity index (χ1) is 7.72. The lowest BCUT2D eigenvalue weighted by molar-refractivity contribution is 0.513. The van der Waals surface area contributed by atoms with Crippen LogP contribution in [0.1, 0.15) is 17.4 Å². The van der Waals surface area contributed by atoms with Gasteiger partial charge in [-0.25, -0.2) is 4.98 Å². The number of furan rings is 1. The average molecular weight is 241 g/mol. The van der Waals surface area contributed by atoms with Crippen molar-refractivity contribution in [2.24, 2.45) is 12.9 Å². The summed E-state index contributed by atoms with van der Waals surface area (Å²) < 4.78 is 6.98. The largest absolute Gasteiger partial charge is 0.453 e. The third-order valence-electron chi connectivity index (χ3n) is 2.53. The van der Waals surface area contributed by atoms with E-state index < -0.39 is 0 Å². The molecule has 0 fully saturated rings. The molecule has 16 heavy (non-hydrogen) atoms. The highest BCUT2D eigenvalue weighted by Gasteiger charge is 2.17. The molecule has 0 saturated carbocycles. The summed E-state index contributed by atoms with van der Waals surface area (Å²) in [6, 6.07) is 1.70. The van der Waals surface area contributed by atoms with Crippen molar-refractivity contribution >= 4 is 11.6 Å². The van der Waals surface area contributed by atoms with Crippen LogP contribution in [0.25, 0.3) is 0 Å². The van der Waals surface area contributed by atoms with Crippen LogP contribution in [0.3, 0.4) is 0 Å². The van der Waals surface area contributed by atoms with E-state index in [9.17, 15) is 0 Å². The average Bonchev–Trinajstić information content (AvgIpc) is 2.85. The molecule has 0 aliphatic carbocycles. The second kappa shape index (κ2) is 4.69. The van der Waals surface area contributed by atoms with Gasteiger partial charge in [0.05, 0.1) is 12.3 Å². The van der Waals surface area contributed by atoms with Crippen LogP contribution in [0.5, 0.6) is 0 Å². The number of hydrogen-bond acceptors (Lipinski definition) is 4. The molecule has 0 spiro atoms. The van der Waals surface area contributed by atoms with E-state index in [1.54, 1.807) is 18.5 Å². The topological polar surface area (TPSA) is 69.0 Å². The molecule has 3 N–H and O–H groups in total. The summed E-state index contributed by atoms with van der Waals surface area (Å²) in [7, 11) is 1.94.